The number of aromatic nitrogens is 1. The standard InChI is InChI=1S/C13H7BrClN/c14-11-7-8-3-1-2-4-9(8)12-10(11)5-6-16-13(12)15/h1-7H. The zero-order valence-electron chi connectivity index (χ0n) is 8.24. The molecule has 0 aliphatic heterocycles. The van der Waals surface area contributed by atoms with E-state index in [1.807, 2.05) is 18.2 Å². The van der Waals surface area contributed by atoms with Crippen LogP contribution in [0.1, 0.15) is 0 Å². The van der Waals surface area contributed by atoms with Crippen LogP contribution in [0.15, 0.2) is 47.1 Å². The van der Waals surface area contributed by atoms with Crippen molar-refractivity contribution >= 4 is 49.1 Å². The van der Waals surface area contributed by atoms with E-state index in [0.717, 1.165) is 26.0 Å². The van der Waals surface area contributed by atoms with E-state index in [-0.39, 0.29) is 0 Å². The molecule has 3 heteroatoms. The van der Waals surface area contributed by atoms with E-state index in [2.05, 4.69) is 39.1 Å². The van der Waals surface area contributed by atoms with E-state index in [9.17, 15) is 0 Å². The lowest BCUT2D eigenvalue weighted by atomic mass is 10.0. The summed E-state index contributed by atoms with van der Waals surface area (Å²) in [5, 5.41) is 4.96. The maximum absolute atomic E-state index is 6.18. The molecule has 3 rings (SSSR count). The summed E-state index contributed by atoms with van der Waals surface area (Å²) < 4.78 is 1.05. The molecular weight excluding hydrogens is 286 g/mol. The fraction of sp³-hybridized carbons (Fsp3) is 0. The van der Waals surface area contributed by atoms with Crippen LogP contribution in [0.2, 0.25) is 5.15 Å². The summed E-state index contributed by atoms with van der Waals surface area (Å²) in [4.78, 5) is 4.14. The number of pyridine rings is 1. The average Bonchev–Trinajstić information content (AvgIpc) is 2.30. The van der Waals surface area contributed by atoms with E-state index in [0.29, 0.717) is 5.15 Å². The Morgan fingerprint density at radius 1 is 1.06 bits per heavy atom. The van der Waals surface area contributed by atoms with Gasteiger partial charge in [0.15, 0.2) is 0 Å². The Hall–Kier alpha value is -1.12. The summed E-state index contributed by atoms with van der Waals surface area (Å²) in [6, 6.07) is 12.2. The van der Waals surface area contributed by atoms with Crippen LogP contribution in [0.5, 0.6) is 0 Å². The highest BCUT2D eigenvalue weighted by atomic mass is 79.9. The van der Waals surface area contributed by atoms with Gasteiger partial charge in [-0.25, -0.2) is 4.98 Å². The second-order valence-electron chi connectivity index (χ2n) is 3.60. The van der Waals surface area contributed by atoms with Crippen LogP contribution in [-0.2, 0) is 0 Å². The number of rotatable bonds is 0. The predicted molar refractivity (Wildman–Crippen MR) is 72.0 cm³/mol. The highest BCUT2D eigenvalue weighted by Crippen LogP contribution is 2.34. The van der Waals surface area contributed by atoms with Crippen LogP contribution in [-0.4, -0.2) is 4.98 Å². The van der Waals surface area contributed by atoms with Gasteiger partial charge >= 0.3 is 0 Å². The van der Waals surface area contributed by atoms with Crippen LogP contribution in [0, 0.1) is 0 Å². The van der Waals surface area contributed by atoms with E-state index >= 15 is 0 Å². The molecule has 0 radical (unpaired) electrons. The normalized spacial score (nSPS) is 11.1. The number of fused-ring (bicyclic) bond motifs is 3. The summed E-state index contributed by atoms with van der Waals surface area (Å²) in [6.07, 6.45) is 1.73. The van der Waals surface area contributed by atoms with Gasteiger partial charge in [-0.05, 0) is 22.9 Å². The van der Waals surface area contributed by atoms with Crippen molar-refractivity contribution in [3.63, 3.8) is 0 Å². The van der Waals surface area contributed by atoms with Crippen molar-refractivity contribution in [3.05, 3.63) is 52.2 Å². The number of hydrogen-bond acceptors (Lipinski definition) is 1. The highest BCUT2D eigenvalue weighted by molar-refractivity contribution is 9.10. The molecule has 0 amide bonds. The molecular formula is C13H7BrClN. The lowest BCUT2D eigenvalue weighted by molar-refractivity contribution is 1.37. The van der Waals surface area contributed by atoms with Crippen molar-refractivity contribution in [2.24, 2.45) is 0 Å². The Morgan fingerprint density at radius 2 is 1.88 bits per heavy atom. The molecule has 0 aliphatic carbocycles. The molecule has 0 saturated carbocycles. The van der Waals surface area contributed by atoms with Crippen LogP contribution >= 0.6 is 27.5 Å². The topological polar surface area (TPSA) is 12.9 Å². The first-order chi connectivity index (χ1) is 7.77. The first-order valence-electron chi connectivity index (χ1n) is 4.89. The van der Waals surface area contributed by atoms with Gasteiger partial charge in [-0.15, -0.1) is 0 Å². The highest BCUT2D eigenvalue weighted by Gasteiger charge is 2.07. The molecule has 0 fully saturated rings. The van der Waals surface area contributed by atoms with Crippen molar-refractivity contribution in [2.45, 2.75) is 0 Å². The van der Waals surface area contributed by atoms with Crippen LogP contribution in [0.4, 0.5) is 0 Å². The Balaban J connectivity index is 2.67. The molecule has 16 heavy (non-hydrogen) atoms. The maximum Gasteiger partial charge on any atom is 0.137 e. The van der Waals surface area contributed by atoms with Gasteiger partial charge in [0.05, 0.1) is 0 Å². The lowest BCUT2D eigenvalue weighted by Crippen LogP contribution is -1.83. The molecule has 78 valence electrons. The minimum atomic E-state index is 0.551. The van der Waals surface area contributed by atoms with Gasteiger partial charge in [-0.2, -0.15) is 0 Å². The predicted octanol–water partition coefficient (Wildman–Crippen LogP) is 4.80. The summed E-state index contributed by atoms with van der Waals surface area (Å²) in [5.74, 6) is 0. The van der Waals surface area contributed by atoms with Gasteiger partial charge < -0.3 is 0 Å². The van der Waals surface area contributed by atoms with Gasteiger partial charge in [0.1, 0.15) is 5.15 Å². The molecule has 0 bridgehead atoms. The van der Waals surface area contributed by atoms with Crippen molar-refractivity contribution < 1.29 is 0 Å². The van der Waals surface area contributed by atoms with Crippen LogP contribution in [0.25, 0.3) is 21.5 Å². The summed E-state index contributed by atoms with van der Waals surface area (Å²) >= 11 is 9.74. The van der Waals surface area contributed by atoms with Gasteiger partial charge in [-0.3, -0.25) is 0 Å². The molecule has 3 aromatic rings. The maximum atomic E-state index is 6.18. The Morgan fingerprint density at radius 3 is 2.75 bits per heavy atom. The first-order valence-corrected chi connectivity index (χ1v) is 6.06. The minimum Gasteiger partial charge on any atom is -0.244 e. The SMILES string of the molecule is Clc1nccc2c(Br)cc3ccccc3c12. The fourth-order valence-electron chi connectivity index (χ4n) is 1.96. The molecule has 0 unspecified atom stereocenters. The van der Waals surface area contributed by atoms with Crippen molar-refractivity contribution in [1.82, 2.24) is 4.98 Å². The van der Waals surface area contributed by atoms with Crippen molar-refractivity contribution in [1.29, 1.82) is 0 Å². The summed E-state index contributed by atoms with van der Waals surface area (Å²) in [5.41, 5.74) is 0. The average molecular weight is 293 g/mol. The number of halogens is 2. The molecule has 0 saturated heterocycles. The summed E-state index contributed by atoms with van der Waals surface area (Å²) in [6.45, 7) is 0. The third kappa shape index (κ3) is 1.41. The Bertz CT molecular complexity index is 694. The zero-order valence-corrected chi connectivity index (χ0v) is 10.6. The van der Waals surface area contributed by atoms with Gasteiger partial charge in [-0.1, -0.05) is 51.8 Å². The van der Waals surface area contributed by atoms with Gasteiger partial charge in [0.25, 0.3) is 0 Å². The first kappa shape index (κ1) is 10.1. The van der Waals surface area contributed by atoms with E-state index < -0.39 is 0 Å². The largest absolute Gasteiger partial charge is 0.244 e. The van der Waals surface area contributed by atoms with Crippen molar-refractivity contribution in [3.8, 4) is 0 Å². The smallest absolute Gasteiger partial charge is 0.137 e. The lowest BCUT2D eigenvalue weighted by Gasteiger charge is -2.06. The molecule has 0 spiro atoms. The third-order valence-corrected chi connectivity index (χ3v) is 3.62. The van der Waals surface area contributed by atoms with Gasteiger partial charge in [0, 0.05) is 21.4 Å². The number of nitrogens with zero attached hydrogens (tertiary/aromatic N) is 1. The molecule has 0 atom stereocenters. The van der Waals surface area contributed by atoms with Crippen LogP contribution < -0.4 is 0 Å². The minimum absolute atomic E-state index is 0.551. The molecule has 0 aliphatic rings. The number of hydrogen-bond donors (Lipinski definition) is 0. The molecule has 2 aromatic carbocycles. The Labute approximate surface area is 106 Å². The molecule has 1 heterocycles. The molecule has 0 N–H and O–H groups in total. The summed E-state index contributed by atoms with van der Waals surface area (Å²) in [7, 11) is 0. The molecule has 1 aromatic heterocycles. The quantitative estimate of drug-likeness (QED) is 0.428. The Kier molecular flexibility index (Phi) is 2.34. The second-order valence-corrected chi connectivity index (χ2v) is 4.82. The monoisotopic (exact) mass is 291 g/mol. The van der Waals surface area contributed by atoms with Crippen molar-refractivity contribution in [2.75, 3.05) is 0 Å². The van der Waals surface area contributed by atoms with E-state index in [1.165, 1.54) is 0 Å². The van der Waals surface area contributed by atoms with E-state index in [4.69, 9.17) is 11.6 Å². The third-order valence-electron chi connectivity index (χ3n) is 2.67. The van der Waals surface area contributed by atoms with E-state index in [1.54, 1.807) is 6.20 Å². The zero-order chi connectivity index (χ0) is 11.1. The van der Waals surface area contributed by atoms with Crippen LogP contribution in [0.3, 0.4) is 0 Å². The fourth-order valence-corrected chi connectivity index (χ4v) is 2.79. The van der Waals surface area contributed by atoms with Gasteiger partial charge in [0.2, 0.25) is 0 Å². The second kappa shape index (κ2) is 3.72. The number of benzene rings is 2. The molecule has 1 nitrogen and oxygen atoms in total.